The molecular weight excluding hydrogens is 336 g/mol. The maximum atomic E-state index is 12.4. The van der Waals surface area contributed by atoms with E-state index in [1.54, 1.807) is 13.8 Å². The minimum Gasteiger partial charge on any atom is -0.459 e. The van der Waals surface area contributed by atoms with Gasteiger partial charge in [-0.15, -0.1) is 0 Å². The van der Waals surface area contributed by atoms with E-state index in [0.29, 0.717) is 12.3 Å². The molecule has 3 nitrogen and oxygen atoms in total. The number of hydrogen-bond acceptors (Lipinski definition) is 3. The highest BCUT2D eigenvalue weighted by molar-refractivity contribution is 5.72. The van der Waals surface area contributed by atoms with Gasteiger partial charge in [0.1, 0.15) is 6.10 Å². The summed E-state index contributed by atoms with van der Waals surface area (Å²) >= 11 is 0. The van der Waals surface area contributed by atoms with Crippen LogP contribution in [0.25, 0.3) is 0 Å². The first kappa shape index (κ1) is 26.4. The monoisotopic (exact) mass is 384 g/mol. The highest BCUT2D eigenvalue weighted by Crippen LogP contribution is 2.23. The van der Waals surface area contributed by atoms with Gasteiger partial charge in [-0.05, 0) is 32.6 Å². The van der Waals surface area contributed by atoms with Gasteiger partial charge < -0.3 is 9.84 Å². The molecule has 0 heterocycles. The predicted molar refractivity (Wildman–Crippen MR) is 116 cm³/mol. The van der Waals surface area contributed by atoms with Gasteiger partial charge >= 0.3 is 5.97 Å². The van der Waals surface area contributed by atoms with E-state index in [1.807, 2.05) is 6.92 Å². The van der Waals surface area contributed by atoms with Crippen LogP contribution in [0.2, 0.25) is 0 Å². The van der Waals surface area contributed by atoms with Gasteiger partial charge in [0, 0.05) is 0 Å². The zero-order valence-electron chi connectivity index (χ0n) is 19.2. The first-order valence-electron chi connectivity index (χ1n) is 11.6. The summed E-state index contributed by atoms with van der Waals surface area (Å²) in [5.74, 6) is 0.145. The summed E-state index contributed by atoms with van der Waals surface area (Å²) in [6.45, 7) is 11.8. The standard InChI is InChI=1S/C24H48O3/c1-7-8-9-10-11-12-13-14-15-16-17-18-21(4)23(25)27-22(19-20(2)3)24(5,6)26/h20-22,26H,7-19H2,1-6H3. The normalized spacial score (nSPS) is 14.4. The van der Waals surface area contributed by atoms with Crippen molar-refractivity contribution in [3.8, 4) is 0 Å². The molecule has 0 aromatic heterocycles. The van der Waals surface area contributed by atoms with E-state index >= 15 is 0 Å². The first-order chi connectivity index (χ1) is 12.7. The van der Waals surface area contributed by atoms with Gasteiger partial charge in [-0.2, -0.15) is 0 Å². The number of hydrogen-bond donors (Lipinski definition) is 1. The summed E-state index contributed by atoms with van der Waals surface area (Å²) < 4.78 is 5.65. The molecule has 0 bridgehead atoms. The molecular formula is C24H48O3. The Labute approximate surface area is 169 Å². The molecule has 0 spiro atoms. The van der Waals surface area contributed by atoms with Crippen molar-refractivity contribution >= 4 is 5.97 Å². The average Bonchev–Trinajstić information content (AvgIpc) is 2.57. The number of rotatable bonds is 17. The molecule has 0 rings (SSSR count). The molecule has 1 N–H and O–H groups in total. The van der Waals surface area contributed by atoms with Crippen LogP contribution in [0.1, 0.15) is 125 Å². The van der Waals surface area contributed by atoms with E-state index in [0.717, 1.165) is 12.8 Å². The summed E-state index contributed by atoms with van der Waals surface area (Å²) in [6, 6.07) is 0. The van der Waals surface area contributed by atoms with Gasteiger partial charge in [0.2, 0.25) is 0 Å². The number of carbonyl (C=O) groups excluding carboxylic acids is 1. The van der Waals surface area contributed by atoms with Crippen LogP contribution < -0.4 is 0 Å². The molecule has 3 heteroatoms. The fraction of sp³-hybridized carbons (Fsp3) is 0.958. The number of carbonyl (C=O) groups is 1. The van der Waals surface area contributed by atoms with Gasteiger partial charge in [0.05, 0.1) is 11.5 Å². The van der Waals surface area contributed by atoms with E-state index in [2.05, 4.69) is 20.8 Å². The van der Waals surface area contributed by atoms with E-state index < -0.39 is 11.7 Å². The van der Waals surface area contributed by atoms with Crippen molar-refractivity contribution in [3.05, 3.63) is 0 Å². The Hall–Kier alpha value is -0.570. The third-order valence-electron chi connectivity index (χ3n) is 5.37. The second kappa shape index (κ2) is 15.4. The van der Waals surface area contributed by atoms with Crippen molar-refractivity contribution in [1.29, 1.82) is 0 Å². The van der Waals surface area contributed by atoms with Gasteiger partial charge in [-0.25, -0.2) is 0 Å². The van der Waals surface area contributed by atoms with Crippen LogP contribution in [-0.2, 0) is 9.53 Å². The third-order valence-corrected chi connectivity index (χ3v) is 5.37. The van der Waals surface area contributed by atoms with Crippen molar-refractivity contribution in [1.82, 2.24) is 0 Å². The van der Waals surface area contributed by atoms with Crippen molar-refractivity contribution in [3.63, 3.8) is 0 Å². The zero-order valence-corrected chi connectivity index (χ0v) is 19.2. The fourth-order valence-corrected chi connectivity index (χ4v) is 3.40. The van der Waals surface area contributed by atoms with E-state index in [9.17, 15) is 9.90 Å². The Morgan fingerprint density at radius 2 is 1.30 bits per heavy atom. The molecule has 0 saturated carbocycles. The summed E-state index contributed by atoms with van der Waals surface area (Å²) in [5, 5.41) is 10.3. The molecule has 27 heavy (non-hydrogen) atoms. The van der Waals surface area contributed by atoms with Crippen molar-refractivity contribution in [2.75, 3.05) is 0 Å². The Kier molecular flexibility index (Phi) is 15.0. The van der Waals surface area contributed by atoms with Crippen molar-refractivity contribution < 1.29 is 14.6 Å². The second-order valence-corrected chi connectivity index (χ2v) is 9.43. The molecule has 0 aromatic carbocycles. The molecule has 2 unspecified atom stereocenters. The van der Waals surface area contributed by atoms with Gasteiger partial charge in [-0.1, -0.05) is 98.3 Å². The lowest BCUT2D eigenvalue weighted by Crippen LogP contribution is -2.41. The van der Waals surface area contributed by atoms with Crippen LogP contribution in [0, 0.1) is 11.8 Å². The molecule has 0 aromatic rings. The third kappa shape index (κ3) is 15.1. The van der Waals surface area contributed by atoms with Crippen LogP contribution in [0.15, 0.2) is 0 Å². The van der Waals surface area contributed by atoms with Crippen LogP contribution in [0.3, 0.4) is 0 Å². The number of ether oxygens (including phenoxy) is 1. The Morgan fingerprint density at radius 1 is 0.852 bits per heavy atom. The largest absolute Gasteiger partial charge is 0.459 e. The van der Waals surface area contributed by atoms with Crippen LogP contribution >= 0.6 is 0 Å². The molecule has 162 valence electrons. The van der Waals surface area contributed by atoms with Crippen molar-refractivity contribution in [2.45, 2.75) is 137 Å². The topological polar surface area (TPSA) is 46.5 Å². The van der Waals surface area contributed by atoms with Gasteiger partial charge in [-0.3, -0.25) is 4.79 Å². The molecule has 0 fully saturated rings. The lowest BCUT2D eigenvalue weighted by Gasteiger charge is -2.31. The second-order valence-electron chi connectivity index (χ2n) is 9.43. The molecule has 2 atom stereocenters. The summed E-state index contributed by atoms with van der Waals surface area (Å²) in [6.07, 6.45) is 15.7. The van der Waals surface area contributed by atoms with Crippen LogP contribution in [0.4, 0.5) is 0 Å². The number of esters is 1. The summed E-state index contributed by atoms with van der Waals surface area (Å²) in [5.41, 5.74) is -0.990. The summed E-state index contributed by atoms with van der Waals surface area (Å²) in [4.78, 5) is 12.4. The van der Waals surface area contributed by atoms with Crippen molar-refractivity contribution in [2.24, 2.45) is 11.8 Å². The maximum Gasteiger partial charge on any atom is 0.309 e. The van der Waals surface area contributed by atoms with E-state index in [4.69, 9.17) is 4.74 Å². The summed E-state index contributed by atoms with van der Waals surface area (Å²) in [7, 11) is 0. The zero-order chi connectivity index (χ0) is 20.7. The number of unbranched alkanes of at least 4 members (excludes halogenated alkanes) is 10. The Morgan fingerprint density at radius 3 is 1.70 bits per heavy atom. The molecule has 0 aliphatic rings. The number of aliphatic hydroxyl groups is 1. The minimum absolute atomic E-state index is 0.0828. The Balaban J connectivity index is 3.82. The maximum absolute atomic E-state index is 12.4. The van der Waals surface area contributed by atoms with Gasteiger partial charge in [0.15, 0.2) is 0 Å². The predicted octanol–water partition coefficient (Wildman–Crippen LogP) is 7.05. The minimum atomic E-state index is -0.990. The average molecular weight is 385 g/mol. The van der Waals surface area contributed by atoms with Crippen LogP contribution in [-0.4, -0.2) is 22.8 Å². The SMILES string of the molecule is CCCCCCCCCCCCCC(C)C(=O)OC(CC(C)C)C(C)(C)O. The molecule has 0 radical (unpaired) electrons. The molecule has 0 aliphatic heterocycles. The lowest BCUT2D eigenvalue weighted by atomic mass is 9.93. The lowest BCUT2D eigenvalue weighted by molar-refractivity contribution is -0.168. The van der Waals surface area contributed by atoms with E-state index in [1.165, 1.54) is 64.2 Å². The fourth-order valence-electron chi connectivity index (χ4n) is 3.40. The van der Waals surface area contributed by atoms with E-state index in [-0.39, 0.29) is 11.9 Å². The molecule has 0 saturated heterocycles. The quantitative estimate of drug-likeness (QED) is 0.216. The highest BCUT2D eigenvalue weighted by atomic mass is 16.6. The Bertz CT molecular complexity index is 357. The molecule has 0 amide bonds. The highest BCUT2D eigenvalue weighted by Gasteiger charge is 2.32. The smallest absolute Gasteiger partial charge is 0.309 e. The molecule has 0 aliphatic carbocycles. The van der Waals surface area contributed by atoms with Crippen LogP contribution in [0.5, 0.6) is 0 Å². The first-order valence-corrected chi connectivity index (χ1v) is 11.6. The van der Waals surface area contributed by atoms with Gasteiger partial charge in [0.25, 0.3) is 0 Å².